The van der Waals surface area contributed by atoms with E-state index in [0.29, 0.717) is 24.4 Å². The van der Waals surface area contributed by atoms with E-state index in [0.717, 1.165) is 0 Å². The predicted molar refractivity (Wildman–Crippen MR) is 69.6 cm³/mol. The molecule has 0 unspecified atom stereocenters. The van der Waals surface area contributed by atoms with Crippen LogP contribution in [0.4, 0.5) is 5.82 Å². The fourth-order valence-corrected chi connectivity index (χ4v) is 1.58. The van der Waals surface area contributed by atoms with E-state index in [1.54, 1.807) is 12.4 Å². The topological polar surface area (TPSA) is 97.1 Å². The van der Waals surface area contributed by atoms with Crippen LogP contribution in [-0.4, -0.2) is 43.0 Å². The number of rotatable bonds is 4. The Kier molecular flexibility index (Phi) is 3.59. The molecule has 8 nitrogen and oxygen atoms in total. The lowest BCUT2D eigenvalue weighted by Crippen LogP contribution is -2.41. The lowest BCUT2D eigenvalue weighted by Gasteiger charge is -2.20. The van der Waals surface area contributed by atoms with E-state index >= 15 is 0 Å². The second kappa shape index (κ2) is 5.17. The maximum atomic E-state index is 11.6. The average molecular weight is 263 g/mol. The Balaban J connectivity index is 1.89. The maximum Gasteiger partial charge on any atom is 0.222 e. The highest BCUT2D eigenvalue weighted by molar-refractivity contribution is 5.77. The maximum absolute atomic E-state index is 11.6. The zero-order chi connectivity index (χ0) is 13.9. The molecule has 0 spiro atoms. The smallest absolute Gasteiger partial charge is 0.222 e. The van der Waals surface area contributed by atoms with E-state index in [1.807, 2.05) is 20.8 Å². The lowest BCUT2D eigenvalue weighted by atomic mass is 10.1. The van der Waals surface area contributed by atoms with Crippen molar-refractivity contribution in [3.05, 3.63) is 12.4 Å². The highest BCUT2D eigenvalue weighted by Gasteiger charge is 2.13. The van der Waals surface area contributed by atoms with Gasteiger partial charge in [-0.15, -0.1) is 5.10 Å². The molecule has 0 aliphatic heterocycles. The first-order valence-electron chi connectivity index (χ1n) is 6.03. The van der Waals surface area contributed by atoms with Gasteiger partial charge in [-0.25, -0.2) is 0 Å². The number of hydrogen-bond acceptors (Lipinski definition) is 6. The Morgan fingerprint density at radius 3 is 2.89 bits per heavy atom. The molecule has 1 amide bonds. The van der Waals surface area contributed by atoms with Crippen molar-refractivity contribution in [1.82, 2.24) is 30.3 Å². The van der Waals surface area contributed by atoms with Gasteiger partial charge >= 0.3 is 0 Å². The number of fused-ring (bicyclic) bond motifs is 1. The Hall–Kier alpha value is -2.25. The Bertz CT molecular complexity index is 572. The number of nitrogens with zero attached hydrogens (tertiary/aromatic N) is 5. The van der Waals surface area contributed by atoms with Gasteiger partial charge in [0.25, 0.3) is 0 Å². The molecule has 2 aromatic rings. The third-order valence-electron chi connectivity index (χ3n) is 2.28. The van der Waals surface area contributed by atoms with E-state index in [1.165, 1.54) is 4.52 Å². The summed E-state index contributed by atoms with van der Waals surface area (Å²) in [5.41, 5.74) is 0.346. The summed E-state index contributed by atoms with van der Waals surface area (Å²) in [4.78, 5) is 15.7. The fraction of sp³-hybridized carbons (Fsp3) is 0.545. The molecule has 0 radical (unpaired) electrons. The van der Waals surface area contributed by atoms with Gasteiger partial charge in [0.15, 0.2) is 5.65 Å². The minimum atomic E-state index is -0.214. The summed E-state index contributed by atoms with van der Waals surface area (Å²) >= 11 is 0. The summed E-state index contributed by atoms with van der Waals surface area (Å²) in [6.45, 7) is 6.33. The van der Waals surface area contributed by atoms with Crippen molar-refractivity contribution in [3.8, 4) is 0 Å². The first-order chi connectivity index (χ1) is 8.96. The van der Waals surface area contributed by atoms with Crippen molar-refractivity contribution in [2.45, 2.75) is 32.7 Å². The highest BCUT2D eigenvalue weighted by Crippen LogP contribution is 2.05. The van der Waals surface area contributed by atoms with Crippen LogP contribution in [0.1, 0.15) is 27.2 Å². The van der Waals surface area contributed by atoms with Crippen LogP contribution >= 0.6 is 0 Å². The van der Waals surface area contributed by atoms with Crippen LogP contribution in [0.15, 0.2) is 12.4 Å². The van der Waals surface area contributed by atoms with Gasteiger partial charge < -0.3 is 10.6 Å². The quantitative estimate of drug-likeness (QED) is 0.820. The number of hydrogen-bond donors (Lipinski definition) is 2. The number of carbonyl (C=O) groups excluding carboxylic acids is 1. The molecule has 2 N–H and O–H groups in total. The molecule has 2 rings (SSSR count). The molecule has 102 valence electrons. The van der Waals surface area contributed by atoms with Crippen molar-refractivity contribution in [2.24, 2.45) is 0 Å². The van der Waals surface area contributed by atoms with E-state index in [4.69, 9.17) is 0 Å². The second-order valence-electron chi connectivity index (χ2n) is 5.22. The van der Waals surface area contributed by atoms with E-state index in [-0.39, 0.29) is 11.4 Å². The van der Waals surface area contributed by atoms with Gasteiger partial charge in [-0.3, -0.25) is 9.78 Å². The van der Waals surface area contributed by atoms with Crippen molar-refractivity contribution in [1.29, 1.82) is 0 Å². The molecule has 0 atom stereocenters. The van der Waals surface area contributed by atoms with E-state index < -0.39 is 0 Å². The molecular weight excluding hydrogens is 246 g/mol. The van der Waals surface area contributed by atoms with Crippen LogP contribution < -0.4 is 10.6 Å². The van der Waals surface area contributed by atoms with Crippen LogP contribution in [0.2, 0.25) is 0 Å². The normalized spacial score (nSPS) is 11.5. The van der Waals surface area contributed by atoms with Crippen LogP contribution in [0.5, 0.6) is 0 Å². The number of anilines is 1. The van der Waals surface area contributed by atoms with Gasteiger partial charge in [0.1, 0.15) is 5.82 Å². The molecular formula is C11H17N7O. The molecule has 2 aromatic heterocycles. The summed E-state index contributed by atoms with van der Waals surface area (Å²) in [5.74, 6) is 0.655. The largest absolute Gasteiger partial charge is 0.368 e. The molecule has 2 heterocycles. The van der Waals surface area contributed by atoms with Crippen LogP contribution in [0.25, 0.3) is 5.65 Å². The molecule has 0 fully saturated rings. The van der Waals surface area contributed by atoms with E-state index in [9.17, 15) is 4.79 Å². The van der Waals surface area contributed by atoms with Gasteiger partial charge in [-0.05, 0) is 31.2 Å². The number of aromatic nitrogens is 5. The summed E-state index contributed by atoms with van der Waals surface area (Å²) in [7, 11) is 0. The van der Waals surface area contributed by atoms with Crippen molar-refractivity contribution in [2.75, 3.05) is 11.9 Å². The molecule has 0 aliphatic carbocycles. The first kappa shape index (κ1) is 13.2. The van der Waals surface area contributed by atoms with E-state index in [2.05, 4.69) is 31.1 Å². The van der Waals surface area contributed by atoms with Gasteiger partial charge in [0.2, 0.25) is 5.91 Å². The Morgan fingerprint density at radius 1 is 1.37 bits per heavy atom. The highest BCUT2D eigenvalue weighted by atomic mass is 16.1. The van der Waals surface area contributed by atoms with Crippen LogP contribution in [0, 0.1) is 0 Å². The minimum Gasteiger partial charge on any atom is -0.368 e. The standard InChI is InChI=1S/C11H17N7O/c1-11(2,3)14-10(19)4-5-13-8-6-12-7-9-15-16-17-18(8)9/h6-7,13H,4-5H2,1-3H3,(H,14,19). The summed E-state index contributed by atoms with van der Waals surface area (Å²) in [5, 5.41) is 17.2. The van der Waals surface area contributed by atoms with Gasteiger partial charge in [-0.1, -0.05) is 0 Å². The number of nitrogens with one attached hydrogen (secondary N) is 2. The van der Waals surface area contributed by atoms with Gasteiger partial charge in [0, 0.05) is 18.5 Å². The molecule has 0 saturated heterocycles. The minimum absolute atomic E-state index is 0.00292. The van der Waals surface area contributed by atoms with Crippen molar-refractivity contribution < 1.29 is 4.79 Å². The fourth-order valence-electron chi connectivity index (χ4n) is 1.58. The summed E-state index contributed by atoms with van der Waals surface area (Å²) in [6, 6.07) is 0. The lowest BCUT2D eigenvalue weighted by molar-refractivity contribution is -0.122. The molecule has 0 bridgehead atoms. The number of tetrazole rings is 1. The third-order valence-corrected chi connectivity index (χ3v) is 2.28. The summed E-state index contributed by atoms with van der Waals surface area (Å²) in [6.07, 6.45) is 3.55. The third kappa shape index (κ3) is 3.60. The number of amides is 1. The zero-order valence-corrected chi connectivity index (χ0v) is 11.2. The first-order valence-corrected chi connectivity index (χ1v) is 6.03. The number of carbonyl (C=O) groups is 1. The zero-order valence-electron chi connectivity index (χ0n) is 11.2. The second-order valence-corrected chi connectivity index (χ2v) is 5.22. The van der Waals surface area contributed by atoms with Crippen LogP contribution in [-0.2, 0) is 4.79 Å². The predicted octanol–water partition coefficient (Wildman–Crippen LogP) is 0.236. The van der Waals surface area contributed by atoms with Crippen molar-refractivity contribution in [3.63, 3.8) is 0 Å². The molecule has 0 saturated carbocycles. The van der Waals surface area contributed by atoms with Gasteiger partial charge in [0.05, 0.1) is 12.4 Å². The monoisotopic (exact) mass is 263 g/mol. The molecule has 19 heavy (non-hydrogen) atoms. The average Bonchev–Trinajstić information content (AvgIpc) is 2.75. The van der Waals surface area contributed by atoms with Crippen LogP contribution in [0.3, 0.4) is 0 Å². The Morgan fingerprint density at radius 2 is 2.16 bits per heavy atom. The summed E-state index contributed by atoms with van der Waals surface area (Å²) < 4.78 is 1.54. The molecule has 8 heteroatoms. The molecule has 0 aliphatic rings. The van der Waals surface area contributed by atoms with Gasteiger partial charge in [-0.2, -0.15) is 4.52 Å². The molecule has 0 aromatic carbocycles. The van der Waals surface area contributed by atoms with Crippen molar-refractivity contribution >= 4 is 17.4 Å². The SMILES string of the molecule is CC(C)(C)NC(=O)CCNc1cncc2nnnn12. The Labute approximate surface area is 110 Å².